The number of ether oxygens (including phenoxy) is 1. The first-order valence-corrected chi connectivity index (χ1v) is 10.4. The van der Waals surface area contributed by atoms with E-state index in [2.05, 4.69) is 5.32 Å². The Labute approximate surface area is 155 Å². The third-order valence-corrected chi connectivity index (χ3v) is 7.02. The van der Waals surface area contributed by atoms with Crippen LogP contribution >= 0.6 is 11.3 Å². The Morgan fingerprint density at radius 2 is 2.00 bits per heavy atom. The van der Waals surface area contributed by atoms with E-state index < -0.39 is 21.3 Å². The van der Waals surface area contributed by atoms with Crippen LogP contribution in [0.2, 0.25) is 0 Å². The maximum absolute atomic E-state index is 13.7. The van der Waals surface area contributed by atoms with Gasteiger partial charge in [-0.05, 0) is 42.7 Å². The lowest BCUT2D eigenvalue weighted by Crippen LogP contribution is -2.47. The summed E-state index contributed by atoms with van der Waals surface area (Å²) in [5.41, 5.74) is -0.241. The van der Waals surface area contributed by atoms with Crippen molar-refractivity contribution < 1.29 is 22.3 Å². The number of nitrogens with one attached hydrogen (secondary N) is 1. The molecule has 0 aliphatic carbocycles. The topological polar surface area (TPSA) is 98.5 Å². The monoisotopic (exact) mass is 398 g/mol. The fraction of sp³-hybridized carbons (Fsp3) is 0.353. The van der Waals surface area contributed by atoms with Gasteiger partial charge < -0.3 is 10.1 Å². The van der Waals surface area contributed by atoms with Crippen molar-refractivity contribution in [3.63, 3.8) is 0 Å². The molecule has 1 aromatic carbocycles. The van der Waals surface area contributed by atoms with Crippen molar-refractivity contribution in [3.05, 3.63) is 52.7 Å². The number of hydrogen-bond acceptors (Lipinski definition) is 5. The van der Waals surface area contributed by atoms with Crippen LogP contribution in [0, 0.1) is 5.82 Å². The van der Waals surface area contributed by atoms with Gasteiger partial charge in [-0.15, -0.1) is 11.3 Å². The molecule has 0 unspecified atom stereocenters. The summed E-state index contributed by atoms with van der Waals surface area (Å²) in [5.74, 6) is -0.617. The molecule has 1 amide bonds. The van der Waals surface area contributed by atoms with E-state index in [0.717, 1.165) is 11.3 Å². The molecule has 0 spiro atoms. The van der Waals surface area contributed by atoms with Crippen LogP contribution in [-0.2, 0) is 31.5 Å². The normalized spacial score (nSPS) is 17.0. The highest BCUT2D eigenvalue weighted by Crippen LogP contribution is 2.35. The van der Waals surface area contributed by atoms with Gasteiger partial charge in [0.25, 0.3) is 0 Å². The van der Waals surface area contributed by atoms with Gasteiger partial charge in [-0.25, -0.2) is 17.9 Å². The first-order chi connectivity index (χ1) is 12.3. The second kappa shape index (κ2) is 7.43. The number of amides is 1. The Kier molecular flexibility index (Phi) is 5.42. The second-order valence-electron chi connectivity index (χ2n) is 6.15. The van der Waals surface area contributed by atoms with Gasteiger partial charge in [0, 0.05) is 18.1 Å². The standard InChI is InChI=1S/C17H19FN2O4S2/c18-13-3-1-2-12(10-13)17(6-8-24-9-7-17)16(21)20-11-14-4-5-15(25-14)26(19,22)23/h1-5,10H,6-9,11H2,(H,20,21)(H2,19,22,23). The zero-order chi connectivity index (χ0) is 18.8. The number of hydrogen-bond donors (Lipinski definition) is 2. The fourth-order valence-electron chi connectivity index (χ4n) is 3.10. The van der Waals surface area contributed by atoms with Crippen molar-refractivity contribution in [2.75, 3.05) is 13.2 Å². The maximum Gasteiger partial charge on any atom is 0.247 e. The van der Waals surface area contributed by atoms with E-state index >= 15 is 0 Å². The molecule has 140 valence electrons. The van der Waals surface area contributed by atoms with Crippen molar-refractivity contribution in [1.82, 2.24) is 5.32 Å². The number of carbonyl (C=O) groups excluding carboxylic acids is 1. The number of rotatable bonds is 5. The molecule has 1 fully saturated rings. The van der Waals surface area contributed by atoms with E-state index in [1.807, 2.05) is 0 Å². The molecule has 26 heavy (non-hydrogen) atoms. The van der Waals surface area contributed by atoms with Crippen LogP contribution < -0.4 is 10.5 Å². The molecule has 0 bridgehead atoms. The molecule has 1 aliphatic rings. The van der Waals surface area contributed by atoms with E-state index in [-0.39, 0.29) is 16.7 Å². The number of nitrogens with two attached hydrogens (primary N) is 1. The molecule has 1 saturated heterocycles. The SMILES string of the molecule is NS(=O)(=O)c1ccc(CNC(=O)C2(c3cccc(F)c3)CCOCC2)s1. The summed E-state index contributed by atoms with van der Waals surface area (Å²) >= 11 is 1.01. The lowest BCUT2D eigenvalue weighted by molar-refractivity contribution is -0.130. The molecular formula is C17H19FN2O4S2. The molecule has 3 N–H and O–H groups in total. The fourth-order valence-corrected chi connectivity index (χ4v) is 4.81. The van der Waals surface area contributed by atoms with Crippen LogP contribution in [0.4, 0.5) is 4.39 Å². The van der Waals surface area contributed by atoms with Crippen molar-refractivity contribution in [2.24, 2.45) is 5.14 Å². The molecule has 3 rings (SSSR count). The largest absolute Gasteiger partial charge is 0.381 e. The molecule has 1 aliphatic heterocycles. The van der Waals surface area contributed by atoms with E-state index in [1.165, 1.54) is 18.2 Å². The van der Waals surface area contributed by atoms with Gasteiger partial charge >= 0.3 is 0 Å². The number of primary sulfonamides is 1. The Hall–Kier alpha value is -1.81. The average Bonchev–Trinajstić information content (AvgIpc) is 3.09. The molecule has 9 heteroatoms. The van der Waals surface area contributed by atoms with Gasteiger partial charge in [0.1, 0.15) is 10.0 Å². The zero-order valence-corrected chi connectivity index (χ0v) is 15.5. The number of halogens is 1. The Morgan fingerprint density at radius 3 is 2.62 bits per heavy atom. The summed E-state index contributed by atoms with van der Waals surface area (Å²) in [7, 11) is -3.75. The summed E-state index contributed by atoms with van der Waals surface area (Å²) in [4.78, 5) is 13.7. The summed E-state index contributed by atoms with van der Waals surface area (Å²) in [5, 5.41) is 7.95. The van der Waals surface area contributed by atoms with Crippen molar-refractivity contribution in [1.29, 1.82) is 0 Å². The van der Waals surface area contributed by atoms with Gasteiger partial charge in [0.2, 0.25) is 15.9 Å². The molecule has 0 atom stereocenters. The van der Waals surface area contributed by atoms with E-state index in [0.29, 0.717) is 36.5 Å². The number of carbonyl (C=O) groups is 1. The Morgan fingerprint density at radius 1 is 1.27 bits per heavy atom. The van der Waals surface area contributed by atoms with Gasteiger partial charge in [-0.1, -0.05) is 12.1 Å². The third kappa shape index (κ3) is 3.96. The predicted molar refractivity (Wildman–Crippen MR) is 95.7 cm³/mol. The molecule has 2 aromatic rings. The Balaban J connectivity index is 1.79. The van der Waals surface area contributed by atoms with Crippen LogP contribution in [-0.4, -0.2) is 27.5 Å². The van der Waals surface area contributed by atoms with Gasteiger partial charge in [-0.2, -0.15) is 0 Å². The van der Waals surface area contributed by atoms with E-state index in [9.17, 15) is 17.6 Å². The predicted octanol–water partition coefficient (Wildman–Crippen LogP) is 1.90. The smallest absolute Gasteiger partial charge is 0.247 e. The van der Waals surface area contributed by atoms with Crippen molar-refractivity contribution in [3.8, 4) is 0 Å². The van der Waals surface area contributed by atoms with E-state index in [1.54, 1.807) is 18.2 Å². The minimum Gasteiger partial charge on any atom is -0.381 e. The Bertz CT molecular complexity index is 905. The van der Waals surface area contributed by atoms with Crippen LogP contribution in [0.1, 0.15) is 23.3 Å². The zero-order valence-electron chi connectivity index (χ0n) is 13.9. The molecule has 6 nitrogen and oxygen atoms in total. The molecular weight excluding hydrogens is 379 g/mol. The molecule has 0 radical (unpaired) electrons. The minimum absolute atomic E-state index is 0.0488. The number of thiophene rings is 1. The first-order valence-electron chi connectivity index (χ1n) is 8.05. The highest BCUT2D eigenvalue weighted by molar-refractivity contribution is 7.91. The van der Waals surface area contributed by atoms with Crippen LogP contribution in [0.15, 0.2) is 40.6 Å². The summed E-state index contributed by atoms with van der Waals surface area (Å²) in [6.45, 7) is 1.01. The van der Waals surface area contributed by atoms with Gasteiger partial charge in [-0.3, -0.25) is 4.79 Å². The van der Waals surface area contributed by atoms with Crippen LogP contribution in [0.25, 0.3) is 0 Å². The summed E-state index contributed by atoms with van der Waals surface area (Å²) in [6.07, 6.45) is 0.907. The lowest BCUT2D eigenvalue weighted by atomic mass is 9.73. The minimum atomic E-state index is -3.75. The van der Waals surface area contributed by atoms with Crippen LogP contribution in [0.5, 0.6) is 0 Å². The summed E-state index contributed by atoms with van der Waals surface area (Å²) in [6, 6.07) is 9.09. The molecule has 1 aromatic heterocycles. The van der Waals surface area contributed by atoms with E-state index in [4.69, 9.17) is 9.88 Å². The highest BCUT2D eigenvalue weighted by atomic mass is 32.2. The lowest BCUT2D eigenvalue weighted by Gasteiger charge is -2.36. The quantitative estimate of drug-likeness (QED) is 0.804. The molecule has 2 heterocycles. The maximum atomic E-state index is 13.7. The number of sulfonamides is 1. The van der Waals surface area contributed by atoms with Gasteiger partial charge in [0.15, 0.2) is 0 Å². The van der Waals surface area contributed by atoms with Crippen molar-refractivity contribution >= 4 is 27.3 Å². The first kappa shape index (κ1) is 19.0. The average molecular weight is 398 g/mol. The van der Waals surface area contributed by atoms with Crippen molar-refractivity contribution in [2.45, 2.75) is 29.0 Å². The van der Waals surface area contributed by atoms with Gasteiger partial charge in [0.05, 0.1) is 12.0 Å². The number of benzene rings is 1. The summed E-state index contributed by atoms with van der Waals surface area (Å²) < 4.78 is 41.8. The second-order valence-corrected chi connectivity index (χ2v) is 9.11. The van der Waals surface area contributed by atoms with Crippen LogP contribution in [0.3, 0.4) is 0 Å². The third-order valence-electron chi connectivity index (χ3n) is 4.50. The highest BCUT2D eigenvalue weighted by Gasteiger charge is 2.41. The molecule has 0 saturated carbocycles.